The van der Waals surface area contributed by atoms with Crippen molar-refractivity contribution in [3.63, 3.8) is 0 Å². The van der Waals surface area contributed by atoms with Crippen molar-refractivity contribution in [2.24, 2.45) is 5.92 Å². The Morgan fingerprint density at radius 1 is 1.29 bits per heavy atom. The smallest absolute Gasteiger partial charge is 0.249 e. The Morgan fingerprint density at radius 3 is 2.50 bits per heavy atom. The van der Waals surface area contributed by atoms with Gasteiger partial charge in [-0.25, -0.2) is 8.78 Å². The third-order valence-electron chi connectivity index (χ3n) is 3.80. The minimum Gasteiger partial charge on any atom is -0.311 e. The Kier molecular flexibility index (Phi) is 2.78. The van der Waals surface area contributed by atoms with Gasteiger partial charge in [0.15, 0.2) is 0 Å². The van der Waals surface area contributed by atoms with Gasteiger partial charge in [-0.15, -0.1) is 0 Å². The highest BCUT2D eigenvalue weighted by Gasteiger charge is 2.41. The molecule has 2 rings (SSSR count). The predicted molar refractivity (Wildman–Crippen MR) is 52.5 cm³/mol. The van der Waals surface area contributed by atoms with Gasteiger partial charge in [-0.1, -0.05) is 13.3 Å². The molecular formula is C11H19F2N. The van der Waals surface area contributed by atoms with E-state index in [-0.39, 0.29) is 18.9 Å². The van der Waals surface area contributed by atoms with Gasteiger partial charge in [0.25, 0.3) is 0 Å². The van der Waals surface area contributed by atoms with Crippen LogP contribution in [0.15, 0.2) is 0 Å². The maximum Gasteiger partial charge on any atom is 0.249 e. The van der Waals surface area contributed by atoms with Crippen molar-refractivity contribution >= 4 is 0 Å². The fourth-order valence-electron chi connectivity index (χ4n) is 2.67. The van der Waals surface area contributed by atoms with Crippen molar-refractivity contribution in [2.45, 2.75) is 63.5 Å². The number of halogens is 2. The van der Waals surface area contributed by atoms with E-state index in [0.29, 0.717) is 12.5 Å². The summed E-state index contributed by atoms with van der Waals surface area (Å²) >= 11 is 0. The summed E-state index contributed by atoms with van der Waals surface area (Å²) in [5, 5.41) is 3.39. The lowest BCUT2D eigenvalue weighted by atomic mass is 9.77. The summed E-state index contributed by atoms with van der Waals surface area (Å²) in [5.41, 5.74) is 0. The minimum atomic E-state index is -2.40. The molecule has 3 atom stereocenters. The Morgan fingerprint density at radius 2 is 2.07 bits per heavy atom. The van der Waals surface area contributed by atoms with Crippen LogP contribution in [-0.2, 0) is 0 Å². The Labute approximate surface area is 84.3 Å². The fraction of sp³-hybridized carbons (Fsp3) is 1.00. The molecule has 0 radical (unpaired) electrons. The first-order valence-electron chi connectivity index (χ1n) is 5.74. The monoisotopic (exact) mass is 203 g/mol. The molecule has 1 N–H and O–H groups in total. The number of hydrogen-bond acceptors (Lipinski definition) is 1. The summed E-state index contributed by atoms with van der Waals surface area (Å²) in [6, 6.07) is 0.600. The van der Waals surface area contributed by atoms with Crippen LogP contribution in [0.3, 0.4) is 0 Å². The first kappa shape index (κ1) is 10.3. The van der Waals surface area contributed by atoms with Crippen LogP contribution in [-0.4, -0.2) is 18.0 Å². The van der Waals surface area contributed by atoms with Gasteiger partial charge in [0.1, 0.15) is 0 Å². The lowest BCUT2D eigenvalue weighted by Crippen LogP contribution is -2.47. The van der Waals surface area contributed by atoms with Crippen molar-refractivity contribution < 1.29 is 8.78 Å². The van der Waals surface area contributed by atoms with E-state index in [2.05, 4.69) is 12.2 Å². The molecule has 0 aromatic carbocycles. The van der Waals surface area contributed by atoms with Crippen molar-refractivity contribution in [3.05, 3.63) is 0 Å². The highest BCUT2D eigenvalue weighted by molar-refractivity contribution is 4.93. The van der Waals surface area contributed by atoms with Gasteiger partial charge in [-0.3, -0.25) is 0 Å². The summed E-state index contributed by atoms with van der Waals surface area (Å²) in [7, 11) is 0. The molecule has 0 aromatic rings. The van der Waals surface area contributed by atoms with Gasteiger partial charge < -0.3 is 5.32 Å². The second-order valence-electron chi connectivity index (χ2n) is 4.81. The zero-order chi connectivity index (χ0) is 10.2. The van der Waals surface area contributed by atoms with Gasteiger partial charge in [0.2, 0.25) is 5.92 Å². The molecule has 2 saturated carbocycles. The zero-order valence-corrected chi connectivity index (χ0v) is 8.73. The van der Waals surface area contributed by atoms with E-state index in [1.807, 2.05) is 0 Å². The first-order valence-corrected chi connectivity index (χ1v) is 5.74. The third kappa shape index (κ3) is 2.08. The summed E-state index contributed by atoms with van der Waals surface area (Å²) in [6.45, 7) is 2.18. The quantitative estimate of drug-likeness (QED) is 0.743. The second kappa shape index (κ2) is 3.76. The summed E-state index contributed by atoms with van der Waals surface area (Å²) in [4.78, 5) is 0. The molecule has 0 saturated heterocycles. The average Bonchev–Trinajstić information content (AvgIpc) is 2.41. The molecule has 82 valence electrons. The van der Waals surface area contributed by atoms with E-state index < -0.39 is 5.92 Å². The maximum absolute atomic E-state index is 12.9. The lowest BCUT2D eigenvalue weighted by Gasteiger charge is -2.38. The molecule has 2 aliphatic carbocycles. The van der Waals surface area contributed by atoms with E-state index in [1.165, 1.54) is 19.3 Å². The normalized spacial score (nSPS) is 40.9. The number of alkyl halides is 2. The van der Waals surface area contributed by atoms with Crippen LogP contribution in [0, 0.1) is 5.92 Å². The predicted octanol–water partition coefficient (Wildman–Crippen LogP) is 2.95. The van der Waals surface area contributed by atoms with E-state index in [1.54, 1.807) is 0 Å². The molecule has 2 fully saturated rings. The van der Waals surface area contributed by atoms with Gasteiger partial charge in [0, 0.05) is 24.9 Å². The Balaban J connectivity index is 1.76. The van der Waals surface area contributed by atoms with Gasteiger partial charge >= 0.3 is 0 Å². The van der Waals surface area contributed by atoms with E-state index in [4.69, 9.17) is 0 Å². The topological polar surface area (TPSA) is 12.0 Å². The molecule has 2 aliphatic rings. The standard InChI is InChI=1S/C11H19F2N/c1-2-8-3-4-10(8)14-9-5-6-11(12,13)7-9/h8-10,14H,2-7H2,1H3. The molecule has 0 aromatic heterocycles. The largest absolute Gasteiger partial charge is 0.311 e. The van der Waals surface area contributed by atoms with Crippen molar-refractivity contribution in [3.8, 4) is 0 Å². The highest BCUT2D eigenvalue weighted by atomic mass is 19.3. The summed E-state index contributed by atoms with van der Waals surface area (Å²) < 4.78 is 25.8. The van der Waals surface area contributed by atoms with Crippen LogP contribution in [0.5, 0.6) is 0 Å². The summed E-state index contributed by atoms with van der Waals surface area (Å²) in [6.07, 6.45) is 4.42. The molecule has 0 spiro atoms. The molecular weight excluding hydrogens is 184 g/mol. The van der Waals surface area contributed by atoms with Crippen LogP contribution in [0.4, 0.5) is 8.78 Å². The summed E-state index contributed by atoms with van der Waals surface area (Å²) in [5.74, 6) is -1.66. The molecule has 0 heterocycles. The SMILES string of the molecule is CCC1CCC1NC1CCC(F)(F)C1. The average molecular weight is 203 g/mol. The van der Waals surface area contributed by atoms with E-state index in [9.17, 15) is 8.78 Å². The van der Waals surface area contributed by atoms with Crippen LogP contribution in [0.2, 0.25) is 0 Å². The molecule has 3 unspecified atom stereocenters. The molecule has 1 nitrogen and oxygen atoms in total. The van der Waals surface area contributed by atoms with Crippen molar-refractivity contribution in [1.29, 1.82) is 0 Å². The van der Waals surface area contributed by atoms with Crippen molar-refractivity contribution in [1.82, 2.24) is 5.32 Å². The lowest BCUT2D eigenvalue weighted by molar-refractivity contribution is 0.00561. The molecule has 3 heteroatoms. The molecule has 14 heavy (non-hydrogen) atoms. The Hall–Kier alpha value is -0.180. The van der Waals surface area contributed by atoms with Crippen LogP contribution < -0.4 is 5.32 Å². The van der Waals surface area contributed by atoms with Gasteiger partial charge in [0.05, 0.1) is 0 Å². The Bertz CT molecular complexity index is 203. The maximum atomic E-state index is 12.9. The van der Waals surface area contributed by atoms with Crippen LogP contribution in [0.1, 0.15) is 45.4 Å². The number of rotatable bonds is 3. The number of nitrogens with one attached hydrogen (secondary N) is 1. The highest BCUT2D eigenvalue weighted by Crippen LogP contribution is 2.37. The molecule has 0 aliphatic heterocycles. The van der Waals surface area contributed by atoms with Gasteiger partial charge in [-0.2, -0.15) is 0 Å². The number of hydrogen-bond donors (Lipinski definition) is 1. The molecule has 0 amide bonds. The van der Waals surface area contributed by atoms with Gasteiger partial charge in [-0.05, 0) is 25.2 Å². The second-order valence-corrected chi connectivity index (χ2v) is 4.81. The zero-order valence-electron chi connectivity index (χ0n) is 8.73. The van der Waals surface area contributed by atoms with E-state index in [0.717, 1.165) is 5.92 Å². The van der Waals surface area contributed by atoms with Crippen LogP contribution in [0.25, 0.3) is 0 Å². The van der Waals surface area contributed by atoms with Crippen LogP contribution >= 0.6 is 0 Å². The fourth-order valence-corrected chi connectivity index (χ4v) is 2.67. The van der Waals surface area contributed by atoms with E-state index >= 15 is 0 Å². The van der Waals surface area contributed by atoms with Crippen molar-refractivity contribution in [2.75, 3.05) is 0 Å². The minimum absolute atomic E-state index is 0.0555. The third-order valence-corrected chi connectivity index (χ3v) is 3.80. The first-order chi connectivity index (χ1) is 6.61. The molecule has 0 bridgehead atoms.